The van der Waals surface area contributed by atoms with Gasteiger partial charge in [0.1, 0.15) is 11.8 Å². The van der Waals surface area contributed by atoms with E-state index < -0.39 is 0 Å². The molecule has 182 valence electrons. The molecule has 1 saturated heterocycles. The van der Waals surface area contributed by atoms with E-state index in [-0.39, 0.29) is 11.6 Å². The van der Waals surface area contributed by atoms with E-state index in [9.17, 15) is 4.79 Å². The van der Waals surface area contributed by atoms with Crippen molar-refractivity contribution in [1.29, 1.82) is 0 Å². The molecule has 3 aromatic heterocycles. The summed E-state index contributed by atoms with van der Waals surface area (Å²) >= 11 is 0. The number of piperazine rings is 1. The normalized spacial score (nSPS) is 15.4. The molecule has 9 nitrogen and oxygen atoms in total. The van der Waals surface area contributed by atoms with Crippen molar-refractivity contribution in [2.24, 2.45) is 0 Å². The topological polar surface area (TPSA) is 95.0 Å². The van der Waals surface area contributed by atoms with Gasteiger partial charge < -0.3 is 20.1 Å². The van der Waals surface area contributed by atoms with Crippen LogP contribution >= 0.6 is 0 Å². The van der Waals surface area contributed by atoms with Gasteiger partial charge in [0.25, 0.3) is 5.56 Å². The number of pyridine rings is 1. The summed E-state index contributed by atoms with van der Waals surface area (Å²) in [6, 6.07) is 17.8. The molecule has 9 heteroatoms. The summed E-state index contributed by atoms with van der Waals surface area (Å²) in [4.78, 5) is 34.9. The van der Waals surface area contributed by atoms with E-state index in [0.717, 1.165) is 54.0 Å². The van der Waals surface area contributed by atoms with E-state index in [2.05, 4.69) is 54.2 Å². The number of H-pyrrole nitrogens is 1. The summed E-state index contributed by atoms with van der Waals surface area (Å²) < 4.78 is 1.82. The van der Waals surface area contributed by atoms with Gasteiger partial charge in [-0.1, -0.05) is 30.3 Å². The lowest BCUT2D eigenvalue weighted by Gasteiger charge is -2.34. The molecule has 6 rings (SSSR count). The average Bonchev–Trinajstić information content (AvgIpc) is 3.39. The average molecular weight is 481 g/mol. The molecular formula is C27H28N8O. The van der Waals surface area contributed by atoms with Crippen LogP contribution in [0.1, 0.15) is 18.7 Å². The number of hydrogen-bond donors (Lipinski definition) is 2. The Hall–Kier alpha value is -4.24. The van der Waals surface area contributed by atoms with Gasteiger partial charge in [0.2, 0.25) is 0 Å². The van der Waals surface area contributed by atoms with E-state index in [4.69, 9.17) is 0 Å². The molecule has 5 aromatic rings. The van der Waals surface area contributed by atoms with Crippen LogP contribution in [0, 0.1) is 0 Å². The maximum atomic E-state index is 14.3. The van der Waals surface area contributed by atoms with Crippen LogP contribution in [0.2, 0.25) is 0 Å². The molecule has 0 unspecified atom stereocenters. The van der Waals surface area contributed by atoms with Crippen molar-refractivity contribution >= 4 is 33.4 Å². The monoisotopic (exact) mass is 480 g/mol. The Morgan fingerprint density at radius 2 is 1.78 bits per heavy atom. The van der Waals surface area contributed by atoms with Gasteiger partial charge in [-0.15, -0.1) is 0 Å². The van der Waals surface area contributed by atoms with Crippen LogP contribution in [0.5, 0.6) is 0 Å². The molecule has 0 aliphatic carbocycles. The summed E-state index contributed by atoms with van der Waals surface area (Å²) in [6.07, 6.45) is 3.10. The third kappa shape index (κ3) is 3.87. The highest BCUT2D eigenvalue weighted by molar-refractivity contribution is 5.94. The van der Waals surface area contributed by atoms with Gasteiger partial charge in [-0.05, 0) is 43.6 Å². The minimum atomic E-state index is -0.232. The molecular weight excluding hydrogens is 452 g/mol. The summed E-state index contributed by atoms with van der Waals surface area (Å²) in [5.74, 6) is 0.618. The number of aromatic amines is 1. The number of rotatable bonds is 5. The first-order valence-corrected chi connectivity index (χ1v) is 12.2. The molecule has 2 aromatic carbocycles. The smallest absolute Gasteiger partial charge is 0.265 e. The van der Waals surface area contributed by atoms with Gasteiger partial charge in [-0.3, -0.25) is 9.36 Å². The molecule has 0 amide bonds. The number of likely N-dealkylation sites (N-methyl/N-ethyl adjacent to an activating group) is 1. The highest BCUT2D eigenvalue weighted by Gasteiger charge is 2.22. The predicted molar refractivity (Wildman–Crippen MR) is 143 cm³/mol. The number of nitrogens with zero attached hydrogens (tertiary/aromatic N) is 6. The van der Waals surface area contributed by atoms with Gasteiger partial charge >= 0.3 is 0 Å². The lowest BCUT2D eigenvalue weighted by molar-refractivity contribution is 0.313. The third-order valence-electron chi connectivity index (χ3n) is 6.93. The van der Waals surface area contributed by atoms with Crippen molar-refractivity contribution in [3.63, 3.8) is 0 Å². The number of aromatic nitrogens is 5. The minimum absolute atomic E-state index is 0.0236. The lowest BCUT2D eigenvalue weighted by Crippen LogP contribution is -2.45. The third-order valence-corrected chi connectivity index (χ3v) is 6.93. The highest BCUT2D eigenvalue weighted by atomic mass is 16.1. The van der Waals surface area contributed by atoms with Crippen LogP contribution in [-0.2, 0) is 0 Å². The van der Waals surface area contributed by atoms with E-state index in [1.54, 1.807) is 6.33 Å². The van der Waals surface area contributed by atoms with Crippen molar-refractivity contribution in [1.82, 2.24) is 29.4 Å². The van der Waals surface area contributed by atoms with Crippen LogP contribution in [0.15, 0.2) is 72.0 Å². The number of fused-ring (bicyclic) bond motifs is 2. The highest BCUT2D eigenvalue weighted by Crippen LogP contribution is 2.30. The largest absolute Gasteiger partial charge is 0.368 e. The van der Waals surface area contributed by atoms with Gasteiger partial charge in [0.05, 0.1) is 23.4 Å². The second-order valence-electron chi connectivity index (χ2n) is 9.27. The Labute approximate surface area is 208 Å². The number of nitrogens with one attached hydrogen (secondary N) is 2. The predicted octanol–water partition coefficient (Wildman–Crippen LogP) is 3.58. The molecule has 36 heavy (non-hydrogen) atoms. The fourth-order valence-corrected chi connectivity index (χ4v) is 4.99. The zero-order valence-electron chi connectivity index (χ0n) is 20.3. The zero-order chi connectivity index (χ0) is 24.6. The Balaban J connectivity index is 1.51. The summed E-state index contributed by atoms with van der Waals surface area (Å²) in [5, 5.41) is 5.14. The molecule has 1 aliphatic rings. The van der Waals surface area contributed by atoms with Crippen molar-refractivity contribution in [2.45, 2.75) is 13.0 Å². The minimum Gasteiger partial charge on any atom is -0.368 e. The van der Waals surface area contributed by atoms with Gasteiger partial charge in [-0.25, -0.2) is 15.0 Å². The number of benzene rings is 2. The maximum Gasteiger partial charge on any atom is 0.265 e. The van der Waals surface area contributed by atoms with E-state index in [1.807, 2.05) is 54.0 Å². The Morgan fingerprint density at radius 3 is 2.58 bits per heavy atom. The quantitative estimate of drug-likeness (QED) is 0.397. The van der Waals surface area contributed by atoms with Crippen LogP contribution in [0.25, 0.3) is 27.6 Å². The molecule has 2 N–H and O–H groups in total. The lowest BCUT2D eigenvalue weighted by atomic mass is 10.0. The second-order valence-corrected chi connectivity index (χ2v) is 9.27. The van der Waals surface area contributed by atoms with Gasteiger partial charge in [-0.2, -0.15) is 0 Å². The molecule has 0 bridgehead atoms. The van der Waals surface area contributed by atoms with Crippen molar-refractivity contribution in [2.75, 3.05) is 43.4 Å². The summed E-state index contributed by atoms with van der Waals surface area (Å²) in [7, 11) is 2.14. The Bertz CT molecular complexity index is 1580. The summed E-state index contributed by atoms with van der Waals surface area (Å²) in [5.41, 5.74) is 3.97. The first kappa shape index (κ1) is 22.2. The molecule has 1 atom stereocenters. The molecule has 0 saturated carbocycles. The van der Waals surface area contributed by atoms with Crippen molar-refractivity contribution in [3.05, 3.63) is 83.3 Å². The van der Waals surface area contributed by atoms with Gasteiger partial charge in [0, 0.05) is 37.6 Å². The second kappa shape index (κ2) is 9.09. The number of hydrogen-bond acceptors (Lipinski definition) is 7. The summed E-state index contributed by atoms with van der Waals surface area (Å²) in [6.45, 7) is 5.78. The fourth-order valence-electron chi connectivity index (χ4n) is 4.99. The van der Waals surface area contributed by atoms with Crippen LogP contribution in [0.4, 0.5) is 11.5 Å². The van der Waals surface area contributed by atoms with E-state index >= 15 is 0 Å². The molecule has 1 fully saturated rings. The number of anilines is 2. The number of imidazole rings is 1. The van der Waals surface area contributed by atoms with Gasteiger partial charge in [0.15, 0.2) is 11.5 Å². The fraction of sp³-hybridized carbons (Fsp3) is 0.259. The van der Waals surface area contributed by atoms with E-state index in [1.165, 1.54) is 6.33 Å². The van der Waals surface area contributed by atoms with E-state index in [0.29, 0.717) is 17.0 Å². The van der Waals surface area contributed by atoms with Crippen molar-refractivity contribution < 1.29 is 0 Å². The molecule has 4 heterocycles. The molecule has 0 spiro atoms. The SMILES string of the molecule is C[C@@H](Nc1ncnc2[nH]cnc12)c1cc2cccc(N3CCN(C)CC3)c2c(=O)n1-c1ccccc1. The number of para-hydroxylation sites is 1. The zero-order valence-corrected chi connectivity index (χ0v) is 20.3. The van der Waals surface area contributed by atoms with Crippen molar-refractivity contribution in [3.8, 4) is 5.69 Å². The van der Waals surface area contributed by atoms with Crippen LogP contribution < -0.4 is 15.8 Å². The van der Waals surface area contributed by atoms with Crippen LogP contribution in [0.3, 0.4) is 0 Å². The first-order valence-electron chi connectivity index (χ1n) is 12.2. The standard InChI is InChI=1S/C27H28N8O/c1-18(32-26-24-25(29-16-28-24)30-17-31-26)22-15-19-7-6-10-21(34-13-11-33(2)12-14-34)23(19)27(36)35(22)20-8-4-3-5-9-20/h3-10,15-18H,11-14H2,1-2H3,(H2,28,29,30,31,32)/t18-/m1/s1. The maximum absolute atomic E-state index is 14.3. The first-order chi connectivity index (χ1) is 17.6. The Morgan fingerprint density at radius 1 is 0.972 bits per heavy atom. The Kier molecular flexibility index (Phi) is 5.61. The van der Waals surface area contributed by atoms with Crippen LogP contribution in [-0.4, -0.2) is 62.6 Å². The molecule has 1 aliphatic heterocycles. The molecule has 0 radical (unpaired) electrons.